The van der Waals surface area contributed by atoms with Crippen LogP contribution >= 0.6 is 0 Å². The van der Waals surface area contributed by atoms with Crippen LogP contribution in [0.4, 0.5) is 30.2 Å². The molecule has 1 amide bonds. The summed E-state index contributed by atoms with van der Waals surface area (Å²) < 4.78 is 41.5. The second-order valence-corrected chi connectivity index (χ2v) is 8.28. The van der Waals surface area contributed by atoms with Gasteiger partial charge >= 0.3 is 6.18 Å². The lowest BCUT2D eigenvalue weighted by molar-refractivity contribution is -0.137. The first-order chi connectivity index (χ1) is 14.2. The van der Waals surface area contributed by atoms with Gasteiger partial charge in [0.05, 0.1) is 11.1 Å². The van der Waals surface area contributed by atoms with Crippen LogP contribution in [0, 0.1) is 11.8 Å². The summed E-state index contributed by atoms with van der Waals surface area (Å²) in [6, 6.07) is 11.5. The fourth-order valence-electron chi connectivity index (χ4n) is 4.43. The van der Waals surface area contributed by atoms with E-state index in [0.29, 0.717) is 36.2 Å². The van der Waals surface area contributed by atoms with E-state index in [4.69, 9.17) is 0 Å². The molecule has 2 atom stereocenters. The van der Waals surface area contributed by atoms with E-state index in [1.165, 1.54) is 12.3 Å². The Morgan fingerprint density at radius 3 is 2.50 bits per heavy atom. The fourth-order valence-corrected chi connectivity index (χ4v) is 4.43. The monoisotopic (exact) mass is 415 g/mol. The lowest BCUT2D eigenvalue weighted by Crippen LogP contribution is -2.39. The number of nitrogens with zero attached hydrogens (tertiary/aromatic N) is 1. The number of carbonyl (C=O) groups excluding carboxylic acids is 1. The van der Waals surface area contributed by atoms with E-state index in [-0.39, 0.29) is 17.3 Å². The highest BCUT2D eigenvalue weighted by Gasteiger charge is 2.36. The van der Waals surface area contributed by atoms with Gasteiger partial charge in [-0.15, -0.1) is 0 Å². The minimum atomic E-state index is -4.47. The largest absolute Gasteiger partial charge is 0.418 e. The molecule has 0 saturated carbocycles. The van der Waals surface area contributed by atoms with Gasteiger partial charge in [-0.2, -0.15) is 13.2 Å². The van der Waals surface area contributed by atoms with Crippen LogP contribution in [0.15, 0.2) is 48.7 Å². The molecular weight excluding hydrogens is 391 g/mol. The van der Waals surface area contributed by atoms with Crippen LogP contribution in [-0.2, 0) is 11.0 Å². The van der Waals surface area contributed by atoms with E-state index >= 15 is 0 Å². The van der Waals surface area contributed by atoms with Crippen LogP contribution < -0.4 is 15.5 Å². The molecule has 0 aliphatic carbocycles. The number of rotatable bonds is 3. The average Bonchev–Trinajstić information content (AvgIpc) is 3.00. The number of amides is 1. The summed E-state index contributed by atoms with van der Waals surface area (Å²) >= 11 is 0. The van der Waals surface area contributed by atoms with E-state index in [0.717, 1.165) is 18.1 Å². The maximum absolute atomic E-state index is 13.8. The zero-order valence-corrected chi connectivity index (χ0v) is 16.9. The summed E-state index contributed by atoms with van der Waals surface area (Å²) in [6.07, 6.45) is -1.99. The highest BCUT2D eigenvalue weighted by atomic mass is 19.4. The average molecular weight is 415 g/mol. The van der Waals surface area contributed by atoms with Gasteiger partial charge in [-0.3, -0.25) is 4.79 Å². The molecule has 4 rings (SSSR count). The van der Waals surface area contributed by atoms with Gasteiger partial charge in [0.1, 0.15) is 0 Å². The van der Waals surface area contributed by atoms with E-state index in [9.17, 15) is 18.0 Å². The first-order valence-corrected chi connectivity index (χ1v) is 10.1. The molecule has 2 N–H and O–H groups in total. The van der Waals surface area contributed by atoms with Gasteiger partial charge < -0.3 is 15.5 Å². The molecule has 2 aliphatic rings. The van der Waals surface area contributed by atoms with Crippen molar-refractivity contribution in [3.8, 4) is 0 Å². The maximum Gasteiger partial charge on any atom is 0.418 e. The van der Waals surface area contributed by atoms with Gasteiger partial charge in [0, 0.05) is 41.9 Å². The summed E-state index contributed by atoms with van der Waals surface area (Å²) in [6.45, 7) is 5.37. The summed E-state index contributed by atoms with van der Waals surface area (Å²) in [5, 5.41) is 5.62. The third-order valence-corrected chi connectivity index (χ3v) is 5.60. The smallest absolute Gasteiger partial charge is 0.371 e. The van der Waals surface area contributed by atoms with Gasteiger partial charge in [-0.25, -0.2) is 0 Å². The predicted molar refractivity (Wildman–Crippen MR) is 113 cm³/mol. The number of halogens is 3. The number of benzene rings is 2. The summed E-state index contributed by atoms with van der Waals surface area (Å²) in [7, 11) is 0. The van der Waals surface area contributed by atoms with Crippen molar-refractivity contribution in [1.82, 2.24) is 0 Å². The zero-order chi connectivity index (χ0) is 21.5. The van der Waals surface area contributed by atoms with Gasteiger partial charge in [-0.05, 0) is 42.5 Å². The number of nitrogens with one attached hydrogen (secondary N) is 2. The molecule has 158 valence electrons. The number of para-hydroxylation sites is 1. The number of hydrogen-bond acceptors (Lipinski definition) is 3. The zero-order valence-electron chi connectivity index (χ0n) is 16.9. The van der Waals surface area contributed by atoms with Crippen LogP contribution in [-0.4, -0.2) is 19.0 Å². The lowest BCUT2D eigenvalue weighted by Gasteiger charge is -2.38. The molecule has 0 bridgehead atoms. The maximum atomic E-state index is 13.8. The number of anilines is 3. The first-order valence-electron chi connectivity index (χ1n) is 10.1. The van der Waals surface area contributed by atoms with E-state index < -0.39 is 11.7 Å². The standard InChI is InChI=1S/C23H24F3N3O/c1-14-9-15(2)13-29(12-14)21-8-7-16(10-19(21)23(24,25)26)27-11-18-17-5-3-4-6-20(17)28-22(18)30/h3-8,10-11,14-15,27H,9,12-13H2,1-2H3,(H,28,30). The van der Waals surface area contributed by atoms with Crippen molar-refractivity contribution in [3.63, 3.8) is 0 Å². The van der Waals surface area contributed by atoms with Crippen molar-refractivity contribution in [2.24, 2.45) is 11.8 Å². The third kappa shape index (κ3) is 4.01. The predicted octanol–water partition coefficient (Wildman–Crippen LogP) is 5.59. The van der Waals surface area contributed by atoms with Crippen molar-refractivity contribution in [2.75, 3.05) is 28.6 Å². The Kier molecular flexibility index (Phi) is 5.22. The SMILES string of the molecule is CC1CC(C)CN(c2ccc(NC=C3C(=O)Nc4ccccc43)cc2C(F)(F)F)C1. The second kappa shape index (κ2) is 7.70. The highest BCUT2D eigenvalue weighted by molar-refractivity contribution is 6.31. The van der Waals surface area contributed by atoms with Gasteiger partial charge in [-0.1, -0.05) is 32.0 Å². The topological polar surface area (TPSA) is 44.4 Å². The molecule has 4 nitrogen and oxygen atoms in total. The normalized spacial score (nSPS) is 22.8. The molecule has 2 aliphatic heterocycles. The highest BCUT2D eigenvalue weighted by Crippen LogP contribution is 2.40. The van der Waals surface area contributed by atoms with Crippen LogP contribution in [0.2, 0.25) is 0 Å². The molecule has 2 heterocycles. The Hall–Kier alpha value is -2.96. The molecule has 0 aromatic heterocycles. The molecule has 2 aromatic rings. The number of carbonyl (C=O) groups is 1. The van der Waals surface area contributed by atoms with Crippen LogP contribution in [0.5, 0.6) is 0 Å². The quantitative estimate of drug-likeness (QED) is 0.642. The van der Waals surface area contributed by atoms with Gasteiger partial charge in [0.15, 0.2) is 0 Å². The molecule has 1 fully saturated rings. The summed E-state index contributed by atoms with van der Waals surface area (Å²) in [4.78, 5) is 14.0. The molecule has 0 spiro atoms. The number of piperidine rings is 1. The van der Waals surface area contributed by atoms with Crippen molar-refractivity contribution in [2.45, 2.75) is 26.4 Å². The molecule has 2 aromatic carbocycles. The Bertz CT molecular complexity index is 989. The third-order valence-electron chi connectivity index (χ3n) is 5.60. The molecule has 1 saturated heterocycles. The van der Waals surface area contributed by atoms with Crippen LogP contribution in [0.1, 0.15) is 31.4 Å². The van der Waals surface area contributed by atoms with Crippen LogP contribution in [0.25, 0.3) is 5.57 Å². The van der Waals surface area contributed by atoms with Crippen LogP contribution in [0.3, 0.4) is 0 Å². The Morgan fingerprint density at radius 2 is 1.80 bits per heavy atom. The molecular formula is C23H24F3N3O. The van der Waals surface area contributed by atoms with Crippen molar-refractivity contribution in [3.05, 3.63) is 59.8 Å². The fraction of sp³-hybridized carbons (Fsp3) is 0.348. The van der Waals surface area contributed by atoms with Crippen molar-refractivity contribution in [1.29, 1.82) is 0 Å². The Morgan fingerprint density at radius 1 is 1.10 bits per heavy atom. The summed E-state index contributed by atoms with van der Waals surface area (Å²) in [5.41, 5.74) is 1.64. The van der Waals surface area contributed by atoms with Gasteiger partial charge in [0.25, 0.3) is 5.91 Å². The van der Waals surface area contributed by atoms with E-state index in [1.54, 1.807) is 18.2 Å². The minimum absolute atomic E-state index is 0.211. The Labute approximate surface area is 173 Å². The second-order valence-electron chi connectivity index (χ2n) is 8.28. The molecule has 7 heteroatoms. The number of fused-ring (bicyclic) bond motifs is 1. The number of hydrogen-bond donors (Lipinski definition) is 2. The molecule has 30 heavy (non-hydrogen) atoms. The lowest BCUT2D eigenvalue weighted by atomic mass is 9.91. The molecule has 0 radical (unpaired) electrons. The van der Waals surface area contributed by atoms with E-state index in [2.05, 4.69) is 24.5 Å². The summed E-state index contributed by atoms with van der Waals surface area (Å²) in [5.74, 6) is 0.407. The minimum Gasteiger partial charge on any atom is -0.371 e. The van der Waals surface area contributed by atoms with Crippen molar-refractivity contribution < 1.29 is 18.0 Å². The Balaban J connectivity index is 1.64. The first kappa shape index (κ1) is 20.3. The number of alkyl halides is 3. The van der Waals surface area contributed by atoms with Crippen molar-refractivity contribution >= 4 is 28.5 Å². The molecule has 2 unspecified atom stereocenters. The van der Waals surface area contributed by atoms with E-state index in [1.807, 2.05) is 17.0 Å². The van der Waals surface area contributed by atoms with Gasteiger partial charge in [0.2, 0.25) is 0 Å².